The summed E-state index contributed by atoms with van der Waals surface area (Å²) in [4.78, 5) is 14.9. The molecule has 1 amide bonds. The topological polar surface area (TPSA) is 29.5 Å². The van der Waals surface area contributed by atoms with E-state index in [0.29, 0.717) is 13.0 Å². The molecule has 0 N–H and O–H groups in total. The molecule has 0 saturated carbocycles. The second kappa shape index (κ2) is 9.68. The number of ether oxygens (including phenoxy) is 1. The molecule has 0 atom stereocenters. The van der Waals surface area contributed by atoms with Crippen molar-refractivity contribution in [2.45, 2.75) is 24.3 Å². The highest BCUT2D eigenvalue weighted by atomic mass is 35.5. The fourth-order valence-electron chi connectivity index (χ4n) is 2.35. The molecule has 0 aliphatic rings. The molecule has 0 heterocycles. The van der Waals surface area contributed by atoms with E-state index in [1.54, 1.807) is 43.0 Å². The van der Waals surface area contributed by atoms with Crippen LogP contribution in [-0.4, -0.2) is 30.7 Å². The number of carbonyl (C=O) groups is 1. The number of benzene rings is 2. The third-order valence-electron chi connectivity index (χ3n) is 3.72. The van der Waals surface area contributed by atoms with Crippen LogP contribution in [-0.2, 0) is 11.3 Å². The molecule has 134 valence electrons. The first-order valence-electron chi connectivity index (χ1n) is 7.95. The van der Waals surface area contributed by atoms with Gasteiger partial charge in [0.2, 0.25) is 5.91 Å². The Labute approximate surface area is 157 Å². The normalized spacial score (nSPS) is 10.6. The van der Waals surface area contributed by atoms with Crippen molar-refractivity contribution in [3.05, 3.63) is 58.9 Å². The van der Waals surface area contributed by atoms with Crippen molar-refractivity contribution < 1.29 is 13.9 Å². The SMILES string of the molecule is COc1ccccc1CN(C)C(=O)CCCSc1ccc(F)c(Cl)c1. The van der Waals surface area contributed by atoms with E-state index in [0.717, 1.165) is 28.4 Å². The number of hydrogen-bond acceptors (Lipinski definition) is 3. The number of carbonyl (C=O) groups excluding carboxylic acids is 1. The Hall–Kier alpha value is -1.72. The van der Waals surface area contributed by atoms with Gasteiger partial charge in [0.15, 0.2) is 0 Å². The van der Waals surface area contributed by atoms with Crippen LogP contribution < -0.4 is 4.74 Å². The first kappa shape index (κ1) is 19.6. The molecule has 0 radical (unpaired) electrons. The number of methoxy groups -OCH3 is 1. The van der Waals surface area contributed by atoms with Gasteiger partial charge in [-0.05, 0) is 36.4 Å². The largest absolute Gasteiger partial charge is 0.496 e. The molecule has 0 spiro atoms. The molecule has 0 aliphatic carbocycles. The second-order valence-electron chi connectivity index (χ2n) is 5.59. The molecule has 0 saturated heterocycles. The van der Waals surface area contributed by atoms with Crippen LogP contribution >= 0.6 is 23.4 Å². The lowest BCUT2D eigenvalue weighted by Gasteiger charge is -2.18. The summed E-state index contributed by atoms with van der Waals surface area (Å²) in [7, 11) is 3.42. The minimum atomic E-state index is -0.417. The molecular formula is C19H21ClFNO2S. The van der Waals surface area contributed by atoms with Gasteiger partial charge >= 0.3 is 0 Å². The van der Waals surface area contributed by atoms with Gasteiger partial charge in [-0.25, -0.2) is 4.39 Å². The molecule has 2 aromatic rings. The summed E-state index contributed by atoms with van der Waals surface area (Å²) in [5, 5.41) is 0.123. The van der Waals surface area contributed by atoms with Gasteiger partial charge < -0.3 is 9.64 Å². The first-order valence-corrected chi connectivity index (χ1v) is 9.31. The zero-order valence-corrected chi connectivity index (χ0v) is 15.9. The number of amides is 1. The van der Waals surface area contributed by atoms with E-state index in [-0.39, 0.29) is 10.9 Å². The highest BCUT2D eigenvalue weighted by Gasteiger charge is 2.11. The summed E-state index contributed by atoms with van der Waals surface area (Å²) in [6, 6.07) is 12.3. The second-order valence-corrected chi connectivity index (χ2v) is 7.17. The number of halogens is 2. The Kier molecular flexibility index (Phi) is 7.59. The Morgan fingerprint density at radius 3 is 2.76 bits per heavy atom. The number of hydrogen-bond donors (Lipinski definition) is 0. The van der Waals surface area contributed by atoms with Crippen LogP contribution in [0.4, 0.5) is 4.39 Å². The lowest BCUT2D eigenvalue weighted by molar-refractivity contribution is -0.130. The van der Waals surface area contributed by atoms with E-state index in [4.69, 9.17) is 16.3 Å². The minimum Gasteiger partial charge on any atom is -0.496 e. The smallest absolute Gasteiger partial charge is 0.222 e. The monoisotopic (exact) mass is 381 g/mol. The molecule has 25 heavy (non-hydrogen) atoms. The lowest BCUT2D eigenvalue weighted by atomic mass is 10.2. The van der Waals surface area contributed by atoms with E-state index in [1.807, 2.05) is 24.3 Å². The Balaban J connectivity index is 1.76. The molecule has 0 aliphatic heterocycles. The molecule has 2 aromatic carbocycles. The number of rotatable bonds is 8. The van der Waals surface area contributed by atoms with Crippen molar-refractivity contribution >= 4 is 29.3 Å². The summed E-state index contributed by atoms with van der Waals surface area (Å²) >= 11 is 7.33. The van der Waals surface area contributed by atoms with Gasteiger partial charge in [0, 0.05) is 30.5 Å². The average molecular weight is 382 g/mol. The van der Waals surface area contributed by atoms with Crippen LogP contribution in [0.5, 0.6) is 5.75 Å². The predicted molar refractivity (Wildman–Crippen MR) is 101 cm³/mol. The van der Waals surface area contributed by atoms with Crippen LogP contribution in [0.1, 0.15) is 18.4 Å². The maximum absolute atomic E-state index is 13.1. The third kappa shape index (κ3) is 5.94. The zero-order chi connectivity index (χ0) is 18.2. The van der Waals surface area contributed by atoms with E-state index >= 15 is 0 Å². The Morgan fingerprint density at radius 2 is 2.04 bits per heavy atom. The van der Waals surface area contributed by atoms with Gasteiger partial charge in [0.05, 0.1) is 12.1 Å². The van der Waals surface area contributed by atoms with Crippen molar-refractivity contribution in [3.8, 4) is 5.75 Å². The summed E-state index contributed by atoms with van der Waals surface area (Å²) in [6.45, 7) is 0.517. The maximum atomic E-state index is 13.1. The molecule has 6 heteroatoms. The van der Waals surface area contributed by atoms with Gasteiger partial charge in [-0.1, -0.05) is 29.8 Å². The highest BCUT2D eigenvalue weighted by Crippen LogP contribution is 2.25. The molecular weight excluding hydrogens is 361 g/mol. The fourth-order valence-corrected chi connectivity index (χ4v) is 3.48. The standard InChI is InChI=1S/C19H21ClFNO2S/c1-22(13-14-6-3-4-7-18(14)24-2)19(23)8-5-11-25-15-9-10-17(21)16(20)12-15/h3-4,6-7,9-10,12H,5,8,11,13H2,1-2H3. The summed E-state index contributed by atoms with van der Waals surface area (Å²) in [5.74, 6) is 1.23. The number of thioether (sulfide) groups is 1. The van der Waals surface area contributed by atoms with E-state index in [9.17, 15) is 9.18 Å². The quantitative estimate of drug-likeness (QED) is 0.475. The van der Waals surface area contributed by atoms with E-state index in [2.05, 4.69) is 0 Å². The van der Waals surface area contributed by atoms with E-state index in [1.165, 1.54) is 6.07 Å². The zero-order valence-electron chi connectivity index (χ0n) is 14.3. The van der Waals surface area contributed by atoms with Crippen LogP contribution in [0.15, 0.2) is 47.4 Å². The summed E-state index contributed by atoms with van der Waals surface area (Å²) < 4.78 is 18.4. The van der Waals surface area contributed by atoms with Crippen LogP contribution in [0.2, 0.25) is 5.02 Å². The minimum absolute atomic E-state index is 0.0867. The van der Waals surface area contributed by atoms with Crippen LogP contribution in [0.3, 0.4) is 0 Å². The molecule has 0 bridgehead atoms. The average Bonchev–Trinajstić information content (AvgIpc) is 2.61. The van der Waals surface area contributed by atoms with Crippen molar-refractivity contribution in [3.63, 3.8) is 0 Å². The lowest BCUT2D eigenvalue weighted by Crippen LogP contribution is -2.26. The number of para-hydroxylation sites is 1. The Bertz CT molecular complexity index is 726. The van der Waals surface area contributed by atoms with Gasteiger partial charge in [-0.2, -0.15) is 0 Å². The van der Waals surface area contributed by atoms with E-state index < -0.39 is 5.82 Å². The molecule has 0 fully saturated rings. The van der Waals surface area contributed by atoms with Crippen molar-refractivity contribution in [1.82, 2.24) is 4.90 Å². The first-order chi connectivity index (χ1) is 12.0. The predicted octanol–water partition coefficient (Wildman–Crippen LogP) is 5.02. The molecule has 3 nitrogen and oxygen atoms in total. The molecule has 2 rings (SSSR count). The van der Waals surface area contributed by atoms with Gasteiger partial charge in [-0.3, -0.25) is 4.79 Å². The van der Waals surface area contributed by atoms with Crippen molar-refractivity contribution in [2.75, 3.05) is 19.9 Å². The highest BCUT2D eigenvalue weighted by molar-refractivity contribution is 7.99. The maximum Gasteiger partial charge on any atom is 0.222 e. The molecule has 0 aromatic heterocycles. The van der Waals surface area contributed by atoms with Gasteiger partial charge in [0.1, 0.15) is 11.6 Å². The molecule has 0 unspecified atom stereocenters. The summed E-state index contributed by atoms with van der Waals surface area (Å²) in [6.07, 6.45) is 1.21. The summed E-state index contributed by atoms with van der Waals surface area (Å²) in [5.41, 5.74) is 0.983. The van der Waals surface area contributed by atoms with Crippen molar-refractivity contribution in [1.29, 1.82) is 0 Å². The third-order valence-corrected chi connectivity index (χ3v) is 5.09. The fraction of sp³-hybridized carbons (Fsp3) is 0.316. The van der Waals surface area contributed by atoms with Crippen LogP contribution in [0.25, 0.3) is 0 Å². The van der Waals surface area contributed by atoms with Gasteiger partial charge in [0.25, 0.3) is 0 Å². The van der Waals surface area contributed by atoms with Crippen molar-refractivity contribution in [2.24, 2.45) is 0 Å². The van der Waals surface area contributed by atoms with Gasteiger partial charge in [-0.15, -0.1) is 11.8 Å². The number of nitrogens with zero attached hydrogens (tertiary/aromatic N) is 1. The Morgan fingerprint density at radius 1 is 1.28 bits per heavy atom. The van der Waals surface area contributed by atoms with Crippen LogP contribution in [0, 0.1) is 5.82 Å².